The number of hydrogen-bond donors (Lipinski definition) is 2. The third-order valence-electron chi connectivity index (χ3n) is 3.28. The molecule has 1 aromatic heterocycles. The highest BCUT2D eigenvalue weighted by atomic mass is 79.9. The zero-order chi connectivity index (χ0) is 13.9. The average molecular weight is 344 g/mol. The Bertz CT molecular complexity index is 537. The van der Waals surface area contributed by atoms with E-state index in [2.05, 4.69) is 15.9 Å². The van der Waals surface area contributed by atoms with Gasteiger partial charge in [-0.05, 0) is 46.1 Å². The van der Waals surface area contributed by atoms with E-state index in [0.29, 0.717) is 13.0 Å². The van der Waals surface area contributed by atoms with E-state index in [1.54, 1.807) is 23.5 Å². The van der Waals surface area contributed by atoms with E-state index in [1.807, 2.05) is 11.4 Å². The molecule has 0 bridgehead atoms. The van der Waals surface area contributed by atoms with Gasteiger partial charge in [-0.2, -0.15) is 0 Å². The summed E-state index contributed by atoms with van der Waals surface area (Å²) < 4.78 is 14.0. The number of halogens is 2. The second kappa shape index (κ2) is 6.13. The quantitative estimate of drug-likeness (QED) is 0.876. The van der Waals surface area contributed by atoms with E-state index in [-0.39, 0.29) is 12.4 Å². The summed E-state index contributed by atoms with van der Waals surface area (Å²) in [5.41, 5.74) is 6.19. The van der Waals surface area contributed by atoms with Crippen LogP contribution in [0.25, 0.3) is 0 Å². The fourth-order valence-electron chi connectivity index (χ4n) is 2.09. The smallest absolute Gasteiger partial charge is 0.123 e. The lowest BCUT2D eigenvalue weighted by Crippen LogP contribution is -2.40. The first kappa shape index (κ1) is 14.7. The predicted octanol–water partition coefficient (Wildman–Crippen LogP) is 3.08. The van der Waals surface area contributed by atoms with Crippen LogP contribution in [0, 0.1) is 5.82 Å². The summed E-state index contributed by atoms with van der Waals surface area (Å²) in [4.78, 5) is 1.13. The summed E-state index contributed by atoms with van der Waals surface area (Å²) in [6, 6.07) is 8.22. The number of thiophene rings is 1. The van der Waals surface area contributed by atoms with Crippen molar-refractivity contribution in [2.75, 3.05) is 13.2 Å². The van der Waals surface area contributed by atoms with Gasteiger partial charge in [-0.25, -0.2) is 4.39 Å². The molecule has 2 aromatic rings. The van der Waals surface area contributed by atoms with Crippen LogP contribution in [0.1, 0.15) is 10.4 Å². The van der Waals surface area contributed by atoms with Crippen molar-refractivity contribution in [3.8, 4) is 0 Å². The van der Waals surface area contributed by atoms with Crippen LogP contribution in [0.15, 0.2) is 40.2 Å². The summed E-state index contributed by atoms with van der Waals surface area (Å²) in [6.07, 6.45) is 0.641. The zero-order valence-corrected chi connectivity index (χ0v) is 12.7. The minimum atomic E-state index is -0.558. The highest BCUT2D eigenvalue weighted by Crippen LogP contribution is 2.31. The average Bonchev–Trinajstić information content (AvgIpc) is 2.82. The number of nitrogens with two attached hydrogens (primary N) is 1. The number of aliphatic hydroxyl groups excluding tert-OH is 1. The predicted molar refractivity (Wildman–Crippen MR) is 79.9 cm³/mol. The molecule has 102 valence electrons. The highest BCUT2D eigenvalue weighted by Gasteiger charge is 2.31. The van der Waals surface area contributed by atoms with E-state index in [4.69, 9.17) is 5.73 Å². The van der Waals surface area contributed by atoms with E-state index >= 15 is 0 Å². The van der Waals surface area contributed by atoms with Gasteiger partial charge in [0.05, 0.1) is 6.61 Å². The van der Waals surface area contributed by atoms with E-state index in [0.717, 1.165) is 14.9 Å². The molecule has 3 N–H and O–H groups in total. The van der Waals surface area contributed by atoms with Crippen LogP contribution in [0.3, 0.4) is 0 Å². The van der Waals surface area contributed by atoms with Crippen LogP contribution in [0.4, 0.5) is 4.39 Å². The van der Waals surface area contributed by atoms with Gasteiger partial charge in [-0.3, -0.25) is 0 Å². The van der Waals surface area contributed by atoms with Crippen LogP contribution < -0.4 is 5.73 Å². The van der Waals surface area contributed by atoms with Crippen LogP contribution >= 0.6 is 27.3 Å². The fraction of sp³-hybridized carbons (Fsp3) is 0.286. The molecule has 0 aliphatic carbocycles. The van der Waals surface area contributed by atoms with Crippen molar-refractivity contribution in [1.82, 2.24) is 0 Å². The molecule has 0 radical (unpaired) electrons. The van der Waals surface area contributed by atoms with Gasteiger partial charge in [0.2, 0.25) is 0 Å². The largest absolute Gasteiger partial charge is 0.395 e. The molecule has 0 saturated heterocycles. The maximum atomic E-state index is 13.0. The molecular weight excluding hydrogens is 329 g/mol. The van der Waals surface area contributed by atoms with E-state index in [9.17, 15) is 9.50 Å². The van der Waals surface area contributed by atoms with Crippen molar-refractivity contribution >= 4 is 27.3 Å². The molecule has 0 spiro atoms. The summed E-state index contributed by atoms with van der Waals surface area (Å²) in [6.45, 7) is 0.245. The Morgan fingerprint density at radius 2 is 2.00 bits per heavy atom. The first-order valence-electron chi connectivity index (χ1n) is 5.89. The van der Waals surface area contributed by atoms with Gasteiger partial charge in [0.25, 0.3) is 0 Å². The molecule has 0 amide bonds. The van der Waals surface area contributed by atoms with Gasteiger partial charge in [0, 0.05) is 26.7 Å². The number of hydrogen-bond acceptors (Lipinski definition) is 3. The molecule has 2 nitrogen and oxygen atoms in total. The molecule has 1 heterocycles. The molecule has 1 atom stereocenters. The van der Waals surface area contributed by atoms with E-state index < -0.39 is 5.41 Å². The van der Waals surface area contributed by atoms with Crippen molar-refractivity contribution < 1.29 is 9.50 Å². The Morgan fingerprint density at radius 3 is 2.47 bits per heavy atom. The van der Waals surface area contributed by atoms with Gasteiger partial charge in [0.1, 0.15) is 5.82 Å². The lowest BCUT2D eigenvalue weighted by molar-refractivity contribution is 0.196. The summed E-state index contributed by atoms with van der Waals surface area (Å²) in [5, 5.41) is 11.8. The van der Waals surface area contributed by atoms with Crippen LogP contribution in [0.2, 0.25) is 0 Å². The second-order valence-electron chi connectivity index (χ2n) is 4.56. The minimum Gasteiger partial charge on any atom is -0.395 e. The second-order valence-corrected chi connectivity index (χ2v) is 6.47. The Labute approximate surface area is 124 Å². The third kappa shape index (κ3) is 3.23. The maximum Gasteiger partial charge on any atom is 0.123 e. The summed E-state index contributed by atoms with van der Waals surface area (Å²) in [5.74, 6) is -0.286. The lowest BCUT2D eigenvalue weighted by atomic mass is 9.78. The first-order chi connectivity index (χ1) is 9.09. The molecule has 0 fully saturated rings. The first-order valence-corrected chi connectivity index (χ1v) is 7.57. The molecule has 1 unspecified atom stereocenters. The van der Waals surface area contributed by atoms with Crippen molar-refractivity contribution in [3.05, 3.63) is 56.4 Å². The minimum absolute atomic E-state index is 0.0648. The monoisotopic (exact) mass is 343 g/mol. The normalized spacial score (nSPS) is 14.3. The van der Waals surface area contributed by atoms with Gasteiger partial charge in [-0.1, -0.05) is 12.1 Å². The Kier molecular flexibility index (Phi) is 4.73. The third-order valence-corrected chi connectivity index (χ3v) is 4.98. The zero-order valence-electron chi connectivity index (χ0n) is 10.3. The fourth-order valence-corrected chi connectivity index (χ4v) is 3.68. The van der Waals surface area contributed by atoms with Gasteiger partial charge >= 0.3 is 0 Å². The van der Waals surface area contributed by atoms with Crippen LogP contribution in [0.5, 0.6) is 0 Å². The topological polar surface area (TPSA) is 46.2 Å². The molecule has 0 aliphatic rings. The van der Waals surface area contributed by atoms with Crippen molar-refractivity contribution in [3.63, 3.8) is 0 Å². The molecule has 0 saturated carbocycles. The standard InChI is InChI=1S/C14H15BrFNOS/c15-11-5-13(19-7-11)6-14(8-17,9-18)10-1-3-12(16)4-2-10/h1-5,7,18H,6,8-9,17H2. The molecule has 19 heavy (non-hydrogen) atoms. The van der Waals surface area contributed by atoms with Gasteiger partial charge < -0.3 is 10.8 Å². The summed E-state index contributed by atoms with van der Waals surface area (Å²) in [7, 11) is 0. The van der Waals surface area contributed by atoms with Crippen LogP contribution in [-0.2, 0) is 11.8 Å². The summed E-state index contributed by atoms with van der Waals surface area (Å²) >= 11 is 5.03. The number of rotatable bonds is 5. The lowest BCUT2D eigenvalue weighted by Gasteiger charge is -2.30. The van der Waals surface area contributed by atoms with Crippen molar-refractivity contribution in [2.24, 2.45) is 5.73 Å². The number of aliphatic hydroxyl groups is 1. The molecule has 1 aromatic carbocycles. The van der Waals surface area contributed by atoms with Gasteiger partial charge in [-0.15, -0.1) is 11.3 Å². The van der Waals surface area contributed by atoms with Crippen molar-refractivity contribution in [2.45, 2.75) is 11.8 Å². The maximum absolute atomic E-state index is 13.0. The Balaban J connectivity index is 2.33. The Morgan fingerprint density at radius 1 is 1.32 bits per heavy atom. The molecule has 0 aliphatic heterocycles. The van der Waals surface area contributed by atoms with Crippen molar-refractivity contribution in [1.29, 1.82) is 0 Å². The molecule has 2 rings (SSSR count). The highest BCUT2D eigenvalue weighted by molar-refractivity contribution is 9.10. The van der Waals surface area contributed by atoms with Crippen LogP contribution in [-0.4, -0.2) is 18.3 Å². The van der Waals surface area contributed by atoms with Gasteiger partial charge in [0.15, 0.2) is 0 Å². The Hall–Kier alpha value is -0.750. The number of benzene rings is 1. The molecular formula is C14H15BrFNOS. The van der Waals surface area contributed by atoms with E-state index in [1.165, 1.54) is 12.1 Å². The SMILES string of the molecule is NCC(CO)(Cc1cc(Br)cs1)c1ccc(F)cc1. The molecule has 5 heteroatoms.